The van der Waals surface area contributed by atoms with Crippen LogP contribution in [0.3, 0.4) is 0 Å². The van der Waals surface area contributed by atoms with E-state index in [1.54, 1.807) is 32.2 Å². The molecule has 114 valence electrons. The van der Waals surface area contributed by atoms with E-state index in [0.29, 0.717) is 23.4 Å². The Morgan fingerprint density at radius 2 is 2.18 bits per heavy atom. The Morgan fingerprint density at radius 3 is 2.86 bits per heavy atom. The number of aromatic nitrogens is 1. The van der Waals surface area contributed by atoms with E-state index in [2.05, 4.69) is 4.98 Å². The number of carbonyl (C=O) groups excluding carboxylic acids is 2. The molecule has 0 amide bonds. The molecule has 22 heavy (non-hydrogen) atoms. The standard InChI is InChI=1S/C16H15NO5/c1-9-12(15(18)22-14-5-6-21-16(14)19)7-10-3-4-11(20-2)8-13(10)17-9/h3-4,7-8,14H,5-6H2,1-2H3/t14-/m1/s1. The highest BCUT2D eigenvalue weighted by Gasteiger charge is 2.31. The SMILES string of the molecule is COc1ccc2cc(C(=O)O[C@@H]3CCOC3=O)c(C)nc2c1. The van der Waals surface area contributed by atoms with Crippen LogP contribution < -0.4 is 4.74 Å². The van der Waals surface area contributed by atoms with Gasteiger partial charge in [0.25, 0.3) is 0 Å². The quantitative estimate of drug-likeness (QED) is 0.807. The third-order valence-electron chi connectivity index (χ3n) is 3.57. The van der Waals surface area contributed by atoms with Crippen LogP contribution in [0.1, 0.15) is 22.5 Å². The van der Waals surface area contributed by atoms with Gasteiger partial charge in [0.1, 0.15) is 5.75 Å². The van der Waals surface area contributed by atoms with Crippen LogP contribution in [0.2, 0.25) is 0 Å². The summed E-state index contributed by atoms with van der Waals surface area (Å²) in [7, 11) is 1.58. The Morgan fingerprint density at radius 1 is 1.36 bits per heavy atom. The molecule has 0 aliphatic carbocycles. The first-order valence-electron chi connectivity index (χ1n) is 6.91. The fourth-order valence-electron chi connectivity index (χ4n) is 2.35. The van der Waals surface area contributed by atoms with Crippen molar-refractivity contribution in [1.82, 2.24) is 4.98 Å². The first-order chi connectivity index (χ1) is 10.6. The monoisotopic (exact) mass is 301 g/mol. The number of esters is 2. The molecule has 1 aliphatic heterocycles. The molecule has 1 aromatic heterocycles. The Balaban J connectivity index is 1.91. The fourth-order valence-corrected chi connectivity index (χ4v) is 2.35. The minimum Gasteiger partial charge on any atom is -0.497 e. The largest absolute Gasteiger partial charge is 0.497 e. The molecule has 0 unspecified atom stereocenters. The third kappa shape index (κ3) is 2.59. The zero-order valence-electron chi connectivity index (χ0n) is 12.3. The second-order valence-corrected chi connectivity index (χ2v) is 5.03. The molecule has 6 nitrogen and oxygen atoms in total. The van der Waals surface area contributed by atoms with E-state index in [0.717, 1.165) is 10.9 Å². The minimum absolute atomic E-state index is 0.283. The molecule has 0 spiro atoms. The number of methoxy groups -OCH3 is 1. The van der Waals surface area contributed by atoms with Gasteiger partial charge in [0, 0.05) is 17.9 Å². The van der Waals surface area contributed by atoms with Crippen molar-refractivity contribution < 1.29 is 23.8 Å². The average Bonchev–Trinajstić information content (AvgIpc) is 2.91. The van der Waals surface area contributed by atoms with E-state index in [9.17, 15) is 9.59 Å². The summed E-state index contributed by atoms with van der Waals surface area (Å²) >= 11 is 0. The van der Waals surface area contributed by atoms with Gasteiger partial charge in [-0.25, -0.2) is 9.59 Å². The van der Waals surface area contributed by atoms with Crippen LogP contribution in [0.5, 0.6) is 5.75 Å². The highest BCUT2D eigenvalue weighted by atomic mass is 16.6. The van der Waals surface area contributed by atoms with E-state index in [1.807, 2.05) is 6.07 Å². The summed E-state index contributed by atoms with van der Waals surface area (Å²) in [5.41, 5.74) is 1.61. The molecular weight excluding hydrogens is 286 g/mol. The minimum atomic E-state index is -0.821. The summed E-state index contributed by atoms with van der Waals surface area (Å²) in [6, 6.07) is 7.12. The van der Waals surface area contributed by atoms with Crippen LogP contribution in [-0.2, 0) is 14.3 Å². The predicted octanol–water partition coefficient (Wildman–Crippen LogP) is 2.02. The van der Waals surface area contributed by atoms with Crippen molar-refractivity contribution in [2.24, 2.45) is 0 Å². The molecule has 2 aromatic rings. The van der Waals surface area contributed by atoms with Crippen molar-refractivity contribution >= 4 is 22.8 Å². The van der Waals surface area contributed by atoms with Gasteiger partial charge < -0.3 is 14.2 Å². The number of nitrogens with zero attached hydrogens (tertiary/aromatic N) is 1. The Bertz CT molecular complexity index is 756. The smallest absolute Gasteiger partial charge is 0.347 e. The molecule has 2 heterocycles. The fraction of sp³-hybridized carbons (Fsp3) is 0.312. The number of carbonyl (C=O) groups is 2. The number of hydrogen-bond donors (Lipinski definition) is 0. The van der Waals surface area contributed by atoms with Gasteiger partial charge in [-0.05, 0) is 25.1 Å². The first-order valence-corrected chi connectivity index (χ1v) is 6.91. The molecule has 1 saturated heterocycles. The zero-order chi connectivity index (χ0) is 15.7. The average molecular weight is 301 g/mol. The zero-order valence-corrected chi connectivity index (χ0v) is 12.3. The van der Waals surface area contributed by atoms with E-state index >= 15 is 0 Å². The molecule has 6 heteroatoms. The number of fused-ring (bicyclic) bond motifs is 1. The molecule has 0 bridgehead atoms. The van der Waals surface area contributed by atoms with Gasteiger partial charge in [-0.15, -0.1) is 0 Å². The Kier molecular flexibility index (Phi) is 3.66. The summed E-state index contributed by atoms with van der Waals surface area (Å²) in [5.74, 6) is -0.362. The van der Waals surface area contributed by atoms with Gasteiger partial charge >= 0.3 is 11.9 Å². The van der Waals surface area contributed by atoms with Gasteiger partial charge in [-0.1, -0.05) is 0 Å². The van der Waals surface area contributed by atoms with Crippen LogP contribution in [0.25, 0.3) is 10.9 Å². The molecule has 1 aliphatic rings. The molecule has 0 N–H and O–H groups in total. The normalized spacial score (nSPS) is 17.4. The van der Waals surface area contributed by atoms with Crippen molar-refractivity contribution in [3.05, 3.63) is 35.5 Å². The lowest BCUT2D eigenvalue weighted by Crippen LogP contribution is -2.23. The number of pyridine rings is 1. The summed E-state index contributed by atoms with van der Waals surface area (Å²) in [6.07, 6.45) is -0.430. The van der Waals surface area contributed by atoms with Crippen LogP contribution in [-0.4, -0.2) is 36.7 Å². The van der Waals surface area contributed by atoms with Crippen LogP contribution >= 0.6 is 0 Å². The predicted molar refractivity (Wildman–Crippen MR) is 77.8 cm³/mol. The van der Waals surface area contributed by atoms with Gasteiger partial charge in [0.15, 0.2) is 0 Å². The number of rotatable bonds is 3. The number of benzene rings is 1. The van der Waals surface area contributed by atoms with E-state index in [1.165, 1.54) is 0 Å². The highest BCUT2D eigenvalue weighted by Crippen LogP contribution is 2.23. The lowest BCUT2D eigenvalue weighted by molar-refractivity contribution is -0.145. The van der Waals surface area contributed by atoms with Gasteiger partial charge in [-0.2, -0.15) is 0 Å². The van der Waals surface area contributed by atoms with Crippen molar-refractivity contribution in [3.8, 4) is 5.75 Å². The molecule has 3 rings (SSSR count). The van der Waals surface area contributed by atoms with Gasteiger partial charge in [-0.3, -0.25) is 4.98 Å². The summed E-state index contributed by atoms with van der Waals surface area (Å²) < 4.78 is 15.1. The van der Waals surface area contributed by atoms with Crippen LogP contribution in [0.4, 0.5) is 0 Å². The highest BCUT2D eigenvalue weighted by molar-refractivity contribution is 5.96. The number of aryl methyl sites for hydroxylation is 1. The van der Waals surface area contributed by atoms with E-state index in [4.69, 9.17) is 14.2 Å². The third-order valence-corrected chi connectivity index (χ3v) is 3.57. The second kappa shape index (κ2) is 5.63. The van der Waals surface area contributed by atoms with E-state index < -0.39 is 18.0 Å². The van der Waals surface area contributed by atoms with Gasteiger partial charge in [0.05, 0.1) is 30.5 Å². The summed E-state index contributed by atoms with van der Waals surface area (Å²) in [6.45, 7) is 2.01. The topological polar surface area (TPSA) is 74.7 Å². The maximum atomic E-state index is 12.2. The lowest BCUT2D eigenvalue weighted by Gasteiger charge is -2.11. The van der Waals surface area contributed by atoms with Gasteiger partial charge in [0.2, 0.25) is 6.10 Å². The molecule has 0 radical (unpaired) electrons. The lowest BCUT2D eigenvalue weighted by atomic mass is 10.1. The summed E-state index contributed by atoms with van der Waals surface area (Å²) in [4.78, 5) is 28.0. The maximum Gasteiger partial charge on any atom is 0.347 e. The summed E-state index contributed by atoms with van der Waals surface area (Å²) in [5, 5.41) is 0.798. The van der Waals surface area contributed by atoms with Crippen LogP contribution in [0, 0.1) is 6.92 Å². The first kappa shape index (κ1) is 14.3. The van der Waals surface area contributed by atoms with Crippen molar-refractivity contribution in [2.75, 3.05) is 13.7 Å². The number of cyclic esters (lactones) is 1. The molecular formula is C16H15NO5. The maximum absolute atomic E-state index is 12.2. The number of hydrogen-bond acceptors (Lipinski definition) is 6. The molecule has 1 atom stereocenters. The number of ether oxygens (including phenoxy) is 3. The van der Waals surface area contributed by atoms with Crippen molar-refractivity contribution in [1.29, 1.82) is 0 Å². The van der Waals surface area contributed by atoms with Crippen molar-refractivity contribution in [3.63, 3.8) is 0 Å². The van der Waals surface area contributed by atoms with E-state index in [-0.39, 0.29) is 6.61 Å². The Labute approximate surface area is 127 Å². The van der Waals surface area contributed by atoms with Crippen molar-refractivity contribution in [2.45, 2.75) is 19.4 Å². The second-order valence-electron chi connectivity index (χ2n) is 5.03. The van der Waals surface area contributed by atoms with Crippen LogP contribution in [0.15, 0.2) is 24.3 Å². The molecule has 1 aromatic carbocycles. The molecule has 0 saturated carbocycles. The molecule has 1 fully saturated rings. The Hall–Kier alpha value is -2.63.